The van der Waals surface area contributed by atoms with Gasteiger partial charge < -0.3 is 19.4 Å². The molecule has 3 rings (SSSR count). The maximum absolute atomic E-state index is 12.5. The molecule has 1 atom stereocenters. The number of methoxy groups -OCH3 is 1. The van der Waals surface area contributed by atoms with Crippen molar-refractivity contribution in [2.24, 2.45) is 0 Å². The van der Waals surface area contributed by atoms with Crippen molar-refractivity contribution in [2.45, 2.75) is 26.8 Å². The van der Waals surface area contributed by atoms with Gasteiger partial charge in [0.05, 0.1) is 13.7 Å². The number of nitrogens with one attached hydrogen (secondary N) is 2. The van der Waals surface area contributed by atoms with Crippen molar-refractivity contribution in [1.82, 2.24) is 0 Å². The number of amides is 1. The molecule has 0 aliphatic rings. The van der Waals surface area contributed by atoms with Crippen LogP contribution in [0, 0.1) is 0 Å². The van der Waals surface area contributed by atoms with E-state index in [9.17, 15) is 9.59 Å². The van der Waals surface area contributed by atoms with Crippen LogP contribution in [0.4, 0.5) is 5.69 Å². The summed E-state index contributed by atoms with van der Waals surface area (Å²) in [7, 11) is 1.59. The zero-order valence-electron chi connectivity index (χ0n) is 17.1. The predicted molar refractivity (Wildman–Crippen MR) is 114 cm³/mol. The molecule has 2 aromatic carbocycles. The van der Waals surface area contributed by atoms with Gasteiger partial charge in [0, 0.05) is 28.8 Å². The zero-order chi connectivity index (χ0) is 20.8. The van der Waals surface area contributed by atoms with Crippen LogP contribution in [-0.4, -0.2) is 26.1 Å². The fourth-order valence-electron chi connectivity index (χ4n) is 3.36. The summed E-state index contributed by atoms with van der Waals surface area (Å²) in [4.78, 5) is 25.6. The van der Waals surface area contributed by atoms with E-state index in [1.807, 2.05) is 43.3 Å². The highest BCUT2D eigenvalue weighted by Crippen LogP contribution is 2.19. The quantitative estimate of drug-likeness (QED) is 0.575. The number of quaternary nitrogens is 1. The molecule has 6 heteroatoms. The molecule has 0 radical (unpaired) electrons. The molecule has 1 aromatic heterocycles. The molecule has 0 spiro atoms. The lowest BCUT2D eigenvalue weighted by Gasteiger charge is -2.18. The third kappa shape index (κ3) is 5.23. The van der Waals surface area contributed by atoms with E-state index in [0.29, 0.717) is 30.1 Å². The van der Waals surface area contributed by atoms with Crippen LogP contribution in [0.25, 0.3) is 11.0 Å². The highest BCUT2D eigenvalue weighted by atomic mass is 16.5. The molecule has 1 unspecified atom stereocenters. The smallest absolute Gasteiger partial charge is 0.336 e. The van der Waals surface area contributed by atoms with Gasteiger partial charge in [0.2, 0.25) is 0 Å². The van der Waals surface area contributed by atoms with Gasteiger partial charge in [0.1, 0.15) is 17.9 Å². The van der Waals surface area contributed by atoms with E-state index in [1.54, 1.807) is 13.2 Å². The van der Waals surface area contributed by atoms with Crippen LogP contribution in [0.1, 0.15) is 25.0 Å². The van der Waals surface area contributed by atoms with Crippen LogP contribution in [0.5, 0.6) is 5.75 Å². The fourth-order valence-corrected chi connectivity index (χ4v) is 3.36. The topological polar surface area (TPSA) is 73.0 Å². The summed E-state index contributed by atoms with van der Waals surface area (Å²) in [5, 5.41) is 3.83. The number of rotatable bonds is 8. The standard InChI is InChI=1S/C23H26N2O4/c1-4-16-9-10-20-17(12-23(27)29-21(20)11-16)14-25(5-2)15-22(26)24-18-7-6-8-19(13-18)28-3/h6-13H,4-5,14-15H2,1-3H3,(H,24,26)/p+1. The average Bonchev–Trinajstić information content (AvgIpc) is 2.72. The third-order valence-corrected chi connectivity index (χ3v) is 5.01. The molecule has 1 heterocycles. The van der Waals surface area contributed by atoms with Gasteiger partial charge in [-0.15, -0.1) is 0 Å². The normalized spacial score (nSPS) is 12.0. The Hall–Kier alpha value is -3.12. The van der Waals surface area contributed by atoms with E-state index < -0.39 is 0 Å². The minimum atomic E-state index is -0.364. The summed E-state index contributed by atoms with van der Waals surface area (Å²) in [6.07, 6.45) is 0.876. The van der Waals surface area contributed by atoms with E-state index in [1.165, 1.54) is 6.07 Å². The van der Waals surface area contributed by atoms with E-state index >= 15 is 0 Å². The van der Waals surface area contributed by atoms with Crippen LogP contribution in [-0.2, 0) is 17.8 Å². The Kier molecular flexibility index (Phi) is 6.67. The maximum atomic E-state index is 12.5. The molecule has 0 aliphatic carbocycles. The Morgan fingerprint density at radius 2 is 1.97 bits per heavy atom. The number of fused-ring (bicyclic) bond motifs is 1. The Bertz CT molecular complexity index is 1060. The molecular weight excluding hydrogens is 368 g/mol. The number of ether oxygens (including phenoxy) is 1. The highest BCUT2D eigenvalue weighted by molar-refractivity contribution is 5.91. The molecule has 152 valence electrons. The Labute approximate surface area is 170 Å². The van der Waals surface area contributed by atoms with E-state index in [2.05, 4.69) is 12.2 Å². The first kappa shape index (κ1) is 20.6. The number of benzene rings is 2. The molecule has 2 N–H and O–H groups in total. The second-order valence-corrected chi connectivity index (χ2v) is 7.01. The van der Waals surface area contributed by atoms with Crippen molar-refractivity contribution >= 4 is 22.6 Å². The van der Waals surface area contributed by atoms with Crippen molar-refractivity contribution in [3.05, 3.63) is 70.1 Å². The Balaban J connectivity index is 1.75. The highest BCUT2D eigenvalue weighted by Gasteiger charge is 2.16. The number of hydrogen-bond donors (Lipinski definition) is 2. The molecule has 0 saturated carbocycles. The summed E-state index contributed by atoms with van der Waals surface area (Å²) in [6.45, 7) is 5.70. The van der Waals surface area contributed by atoms with Gasteiger partial charge in [-0.05, 0) is 37.1 Å². The first-order valence-electron chi connectivity index (χ1n) is 9.85. The molecule has 0 fully saturated rings. The van der Waals surface area contributed by atoms with Crippen LogP contribution < -0.4 is 20.6 Å². The number of anilines is 1. The van der Waals surface area contributed by atoms with Gasteiger partial charge in [-0.1, -0.05) is 25.1 Å². The lowest BCUT2D eigenvalue weighted by molar-refractivity contribution is -0.903. The molecule has 6 nitrogen and oxygen atoms in total. The summed E-state index contributed by atoms with van der Waals surface area (Å²) in [5.41, 5.74) is 2.95. The number of hydrogen-bond acceptors (Lipinski definition) is 4. The summed E-state index contributed by atoms with van der Waals surface area (Å²) in [6, 6.07) is 14.8. The van der Waals surface area contributed by atoms with Crippen LogP contribution in [0.3, 0.4) is 0 Å². The average molecular weight is 395 g/mol. The minimum absolute atomic E-state index is 0.0874. The lowest BCUT2D eigenvalue weighted by atomic mass is 10.1. The first-order chi connectivity index (χ1) is 14.0. The minimum Gasteiger partial charge on any atom is -0.497 e. The van der Waals surface area contributed by atoms with Crippen LogP contribution in [0.15, 0.2) is 57.7 Å². The monoisotopic (exact) mass is 395 g/mol. The number of carbonyl (C=O) groups excluding carboxylic acids is 1. The second-order valence-electron chi connectivity index (χ2n) is 7.01. The predicted octanol–water partition coefficient (Wildman–Crippen LogP) is 2.41. The molecular formula is C23H27N2O4+. The molecule has 0 saturated heterocycles. The van der Waals surface area contributed by atoms with E-state index in [4.69, 9.17) is 9.15 Å². The van der Waals surface area contributed by atoms with Gasteiger partial charge in [0.25, 0.3) is 5.91 Å². The third-order valence-electron chi connectivity index (χ3n) is 5.01. The molecule has 29 heavy (non-hydrogen) atoms. The molecule has 0 aliphatic heterocycles. The van der Waals surface area contributed by atoms with Gasteiger partial charge in [-0.2, -0.15) is 0 Å². The number of carbonyl (C=O) groups is 1. The lowest BCUT2D eigenvalue weighted by Crippen LogP contribution is -3.11. The summed E-state index contributed by atoms with van der Waals surface area (Å²) in [5.74, 6) is 0.604. The van der Waals surface area contributed by atoms with Crippen molar-refractivity contribution in [3.63, 3.8) is 0 Å². The molecule has 0 bridgehead atoms. The first-order valence-corrected chi connectivity index (χ1v) is 9.85. The van der Waals surface area contributed by atoms with Gasteiger partial charge in [-0.3, -0.25) is 4.79 Å². The SMILES string of the molecule is CCc1ccc2c(C[NH+](CC)CC(=O)Nc3cccc(OC)c3)cc(=O)oc2c1. The maximum Gasteiger partial charge on any atom is 0.336 e. The Morgan fingerprint density at radius 1 is 1.14 bits per heavy atom. The van der Waals surface area contributed by atoms with E-state index in [-0.39, 0.29) is 11.5 Å². The molecule has 3 aromatic rings. The van der Waals surface area contributed by atoms with Crippen LogP contribution >= 0.6 is 0 Å². The van der Waals surface area contributed by atoms with Crippen molar-refractivity contribution < 1.29 is 18.8 Å². The van der Waals surface area contributed by atoms with Gasteiger partial charge >= 0.3 is 5.63 Å². The number of aryl methyl sites for hydroxylation is 1. The molecule has 1 amide bonds. The Morgan fingerprint density at radius 3 is 2.69 bits per heavy atom. The zero-order valence-corrected chi connectivity index (χ0v) is 17.1. The van der Waals surface area contributed by atoms with E-state index in [0.717, 1.165) is 34.4 Å². The van der Waals surface area contributed by atoms with Crippen molar-refractivity contribution in [1.29, 1.82) is 0 Å². The summed E-state index contributed by atoms with van der Waals surface area (Å²) >= 11 is 0. The summed E-state index contributed by atoms with van der Waals surface area (Å²) < 4.78 is 10.6. The van der Waals surface area contributed by atoms with Crippen molar-refractivity contribution in [2.75, 3.05) is 25.5 Å². The largest absolute Gasteiger partial charge is 0.497 e. The van der Waals surface area contributed by atoms with Gasteiger partial charge in [0.15, 0.2) is 6.54 Å². The van der Waals surface area contributed by atoms with Crippen molar-refractivity contribution in [3.8, 4) is 5.75 Å². The second kappa shape index (κ2) is 9.39. The number of likely N-dealkylation sites (N-methyl/N-ethyl adjacent to an activating group) is 1. The fraction of sp³-hybridized carbons (Fsp3) is 0.304. The van der Waals surface area contributed by atoms with Gasteiger partial charge in [-0.25, -0.2) is 4.79 Å². The van der Waals surface area contributed by atoms with Crippen LogP contribution in [0.2, 0.25) is 0 Å².